The summed E-state index contributed by atoms with van der Waals surface area (Å²) in [5.41, 5.74) is 0.703. The molecule has 1 aromatic heterocycles. The molecule has 0 bridgehead atoms. The number of aromatic nitrogens is 1. The Labute approximate surface area is 193 Å². The van der Waals surface area contributed by atoms with Crippen molar-refractivity contribution < 1.29 is 17.6 Å². The fourth-order valence-corrected chi connectivity index (χ4v) is 6.00. The Morgan fingerprint density at radius 3 is 2.59 bits per heavy atom. The highest BCUT2D eigenvalue weighted by Crippen LogP contribution is 2.25. The van der Waals surface area contributed by atoms with Crippen LogP contribution >= 0.6 is 22.9 Å². The molecule has 1 aliphatic rings. The summed E-state index contributed by atoms with van der Waals surface area (Å²) in [4.78, 5) is 26.5. The van der Waals surface area contributed by atoms with Crippen molar-refractivity contribution in [3.05, 3.63) is 56.9 Å². The second-order valence-electron chi connectivity index (χ2n) is 7.57. The van der Waals surface area contributed by atoms with Gasteiger partial charge in [-0.25, -0.2) is 12.8 Å². The number of benzene rings is 2. The molecule has 0 aliphatic carbocycles. The van der Waals surface area contributed by atoms with Gasteiger partial charge in [0.25, 0.3) is 10.0 Å². The molecule has 1 aliphatic heterocycles. The maximum absolute atomic E-state index is 13.3. The number of aryl methyl sites for hydroxylation is 1. The fraction of sp³-hybridized carbons (Fsp3) is 0.333. The van der Waals surface area contributed by atoms with Crippen LogP contribution in [0.25, 0.3) is 10.2 Å². The number of hydrogen-bond acceptors (Lipinski definition) is 5. The van der Waals surface area contributed by atoms with E-state index in [4.69, 9.17) is 11.6 Å². The van der Waals surface area contributed by atoms with Crippen molar-refractivity contribution in [1.82, 2.24) is 9.47 Å². The van der Waals surface area contributed by atoms with Crippen molar-refractivity contribution >= 4 is 54.8 Å². The average Bonchev–Trinajstić information content (AvgIpc) is 3.09. The van der Waals surface area contributed by atoms with Crippen molar-refractivity contribution in [2.75, 3.05) is 17.8 Å². The molecule has 1 saturated heterocycles. The first-order valence-electron chi connectivity index (χ1n) is 10.1. The highest BCUT2D eigenvalue weighted by atomic mass is 35.5. The standard InChI is InChI=1S/C21H21ClFN3O4S2/c22-16-12-14(4-6-17(16)23)24-32(29,30)15-5-7-18-19(13-15)31-21(28)26(18)11-8-20(27)25-9-2-1-3-10-25/h4-7,12-13,24H,1-3,8-11H2. The van der Waals surface area contributed by atoms with E-state index in [-0.39, 0.29) is 39.4 Å². The van der Waals surface area contributed by atoms with E-state index < -0.39 is 15.8 Å². The van der Waals surface area contributed by atoms with Crippen LogP contribution in [0.2, 0.25) is 5.02 Å². The smallest absolute Gasteiger partial charge is 0.308 e. The van der Waals surface area contributed by atoms with Gasteiger partial charge in [-0.2, -0.15) is 0 Å². The van der Waals surface area contributed by atoms with Crippen LogP contribution in [0.15, 0.2) is 46.1 Å². The number of hydrogen-bond donors (Lipinski definition) is 1. The Balaban J connectivity index is 1.54. The third-order valence-corrected chi connectivity index (χ3v) is 7.99. The Hall–Kier alpha value is -2.43. The first-order valence-corrected chi connectivity index (χ1v) is 12.8. The zero-order chi connectivity index (χ0) is 22.9. The molecule has 0 spiro atoms. The van der Waals surface area contributed by atoms with Crippen molar-refractivity contribution in [3.63, 3.8) is 0 Å². The van der Waals surface area contributed by atoms with Gasteiger partial charge in [-0.3, -0.25) is 18.9 Å². The first-order chi connectivity index (χ1) is 15.2. The van der Waals surface area contributed by atoms with Crippen LogP contribution in [0.5, 0.6) is 0 Å². The minimum absolute atomic E-state index is 0.0253. The van der Waals surface area contributed by atoms with E-state index >= 15 is 0 Å². The molecular formula is C21H21ClFN3O4S2. The average molecular weight is 498 g/mol. The number of nitrogens with one attached hydrogen (secondary N) is 1. The lowest BCUT2D eigenvalue weighted by Gasteiger charge is -2.26. The SMILES string of the molecule is O=C(CCn1c(=O)sc2cc(S(=O)(=O)Nc3ccc(F)c(Cl)c3)ccc21)N1CCCCC1. The second-order valence-corrected chi connectivity index (χ2v) is 10.7. The summed E-state index contributed by atoms with van der Waals surface area (Å²) < 4.78 is 43.2. The number of piperidine rings is 1. The summed E-state index contributed by atoms with van der Waals surface area (Å²) >= 11 is 6.64. The monoisotopic (exact) mass is 497 g/mol. The quantitative estimate of drug-likeness (QED) is 0.556. The lowest BCUT2D eigenvalue weighted by atomic mass is 10.1. The number of carbonyl (C=O) groups excluding carboxylic acids is 1. The van der Waals surface area contributed by atoms with Gasteiger partial charge in [0, 0.05) is 26.1 Å². The highest BCUT2D eigenvalue weighted by Gasteiger charge is 2.20. The molecule has 0 saturated carbocycles. The Morgan fingerprint density at radius 1 is 1.12 bits per heavy atom. The van der Waals surface area contributed by atoms with Gasteiger partial charge in [0.05, 0.1) is 25.8 Å². The predicted octanol–water partition coefficient (Wildman–Crippen LogP) is 4.06. The molecule has 1 N–H and O–H groups in total. The number of sulfonamides is 1. The molecule has 0 radical (unpaired) electrons. The maximum atomic E-state index is 13.3. The minimum Gasteiger partial charge on any atom is -0.343 e. The lowest BCUT2D eigenvalue weighted by Crippen LogP contribution is -2.36. The third-order valence-electron chi connectivity index (χ3n) is 5.38. The molecule has 7 nitrogen and oxygen atoms in total. The highest BCUT2D eigenvalue weighted by molar-refractivity contribution is 7.92. The molecule has 170 valence electrons. The molecular weight excluding hydrogens is 477 g/mol. The fourth-order valence-electron chi connectivity index (χ4n) is 3.71. The second kappa shape index (κ2) is 9.21. The van der Waals surface area contributed by atoms with E-state index in [0.29, 0.717) is 10.2 Å². The van der Waals surface area contributed by atoms with Gasteiger partial charge in [0.15, 0.2) is 0 Å². The molecule has 0 atom stereocenters. The van der Waals surface area contributed by atoms with Crippen molar-refractivity contribution in [3.8, 4) is 0 Å². The minimum atomic E-state index is -3.97. The summed E-state index contributed by atoms with van der Waals surface area (Å²) in [5, 5.41) is -0.199. The normalized spacial score (nSPS) is 14.6. The van der Waals surface area contributed by atoms with Gasteiger partial charge in [-0.15, -0.1) is 0 Å². The topological polar surface area (TPSA) is 88.5 Å². The largest absolute Gasteiger partial charge is 0.343 e. The molecule has 2 heterocycles. The third kappa shape index (κ3) is 4.82. The van der Waals surface area contributed by atoms with Crippen molar-refractivity contribution in [1.29, 1.82) is 0 Å². The van der Waals surface area contributed by atoms with Gasteiger partial charge in [0.2, 0.25) is 5.91 Å². The van der Waals surface area contributed by atoms with Gasteiger partial charge in [-0.05, 0) is 55.7 Å². The van der Waals surface area contributed by atoms with Crippen LogP contribution in [-0.2, 0) is 21.4 Å². The van der Waals surface area contributed by atoms with Crippen LogP contribution in [0, 0.1) is 5.82 Å². The number of anilines is 1. The number of carbonyl (C=O) groups is 1. The number of likely N-dealkylation sites (tertiary alicyclic amines) is 1. The summed E-state index contributed by atoms with van der Waals surface area (Å²) in [6.07, 6.45) is 3.36. The van der Waals surface area contributed by atoms with Gasteiger partial charge in [0.1, 0.15) is 5.82 Å². The van der Waals surface area contributed by atoms with Crippen LogP contribution < -0.4 is 9.60 Å². The summed E-state index contributed by atoms with van der Waals surface area (Å²) in [6, 6.07) is 7.89. The zero-order valence-corrected chi connectivity index (χ0v) is 19.4. The Morgan fingerprint density at radius 2 is 1.88 bits per heavy atom. The Bertz CT molecular complexity index is 1330. The Kier molecular flexibility index (Phi) is 6.55. The van der Waals surface area contributed by atoms with Gasteiger partial charge in [-0.1, -0.05) is 22.9 Å². The zero-order valence-electron chi connectivity index (χ0n) is 17.0. The number of nitrogens with zero attached hydrogens (tertiary/aromatic N) is 2. The van der Waals surface area contributed by atoms with Crippen LogP contribution in [0.4, 0.5) is 10.1 Å². The molecule has 4 rings (SSSR count). The number of halogens is 2. The van der Waals surface area contributed by atoms with E-state index in [2.05, 4.69) is 4.72 Å². The van der Waals surface area contributed by atoms with E-state index in [1.165, 1.54) is 28.8 Å². The first kappa shape index (κ1) is 22.8. The maximum Gasteiger partial charge on any atom is 0.308 e. The van der Waals surface area contributed by atoms with Crippen molar-refractivity contribution in [2.45, 2.75) is 37.1 Å². The van der Waals surface area contributed by atoms with E-state index in [1.807, 2.05) is 4.90 Å². The van der Waals surface area contributed by atoms with Crippen LogP contribution in [0.1, 0.15) is 25.7 Å². The number of amides is 1. The molecule has 1 fully saturated rings. The molecule has 32 heavy (non-hydrogen) atoms. The van der Waals surface area contributed by atoms with Gasteiger partial charge >= 0.3 is 4.87 Å². The summed E-state index contributed by atoms with van der Waals surface area (Å²) in [5.74, 6) is -0.627. The molecule has 0 unspecified atom stereocenters. The summed E-state index contributed by atoms with van der Waals surface area (Å²) in [6.45, 7) is 1.75. The van der Waals surface area contributed by atoms with Crippen LogP contribution in [0.3, 0.4) is 0 Å². The number of rotatable bonds is 6. The van der Waals surface area contributed by atoms with E-state index in [9.17, 15) is 22.4 Å². The molecule has 1 amide bonds. The lowest BCUT2D eigenvalue weighted by molar-refractivity contribution is -0.132. The number of thiazole rings is 1. The van der Waals surface area contributed by atoms with E-state index in [1.54, 1.807) is 6.07 Å². The summed E-state index contributed by atoms with van der Waals surface area (Å²) in [7, 11) is -3.97. The molecule has 2 aromatic carbocycles. The number of fused-ring (bicyclic) bond motifs is 1. The predicted molar refractivity (Wildman–Crippen MR) is 123 cm³/mol. The van der Waals surface area contributed by atoms with Crippen LogP contribution in [-0.4, -0.2) is 36.9 Å². The molecule has 11 heteroatoms. The van der Waals surface area contributed by atoms with E-state index in [0.717, 1.165) is 49.8 Å². The van der Waals surface area contributed by atoms with Gasteiger partial charge < -0.3 is 4.90 Å². The molecule has 3 aromatic rings. The van der Waals surface area contributed by atoms with Crippen molar-refractivity contribution in [2.24, 2.45) is 0 Å².